The normalized spacial score (nSPS) is 19.4. The molecule has 1 aromatic rings. The summed E-state index contributed by atoms with van der Waals surface area (Å²) in [5, 5.41) is 3.23. The molecule has 2 aliphatic rings. The molecule has 2 aliphatic heterocycles. The predicted octanol–water partition coefficient (Wildman–Crippen LogP) is 0.382. The lowest BCUT2D eigenvalue weighted by molar-refractivity contribution is 0.0657. The topological polar surface area (TPSA) is 98.5 Å². The molecule has 9 nitrogen and oxygen atoms in total. The monoisotopic (exact) mass is 443 g/mol. The van der Waals surface area contributed by atoms with E-state index >= 15 is 0 Å². The molecule has 1 amide bonds. The lowest BCUT2D eigenvalue weighted by Crippen LogP contribution is -2.53. The number of hydrogen-bond acceptors (Lipinski definition) is 6. The number of sulfonamides is 1. The molecule has 0 aliphatic carbocycles. The van der Waals surface area contributed by atoms with Crippen LogP contribution in [0.5, 0.6) is 0 Å². The summed E-state index contributed by atoms with van der Waals surface area (Å²) in [6.45, 7) is 6.46. The van der Waals surface area contributed by atoms with Gasteiger partial charge in [0.2, 0.25) is 10.0 Å². The molecule has 0 radical (unpaired) electrons. The fourth-order valence-electron chi connectivity index (χ4n) is 3.32. The van der Waals surface area contributed by atoms with Crippen LogP contribution in [0.15, 0.2) is 27.8 Å². The van der Waals surface area contributed by atoms with Gasteiger partial charge in [0.1, 0.15) is 0 Å². The number of hydrogen-bond donors (Lipinski definition) is 1. The average Bonchev–Trinajstić information content (AvgIpc) is 3.28. The van der Waals surface area contributed by atoms with Crippen molar-refractivity contribution in [3.8, 4) is 0 Å². The fourth-order valence-corrected chi connectivity index (χ4v) is 5.78. The van der Waals surface area contributed by atoms with Crippen molar-refractivity contribution >= 4 is 33.7 Å². The Kier molecular flexibility index (Phi) is 7.84. The first-order chi connectivity index (χ1) is 14.0. The number of amides is 1. The van der Waals surface area contributed by atoms with Crippen molar-refractivity contribution in [2.75, 3.05) is 69.6 Å². The first kappa shape index (κ1) is 22.0. The number of carbonyl (C=O) groups is 1. The van der Waals surface area contributed by atoms with Gasteiger partial charge in [0.05, 0.1) is 18.6 Å². The van der Waals surface area contributed by atoms with Crippen LogP contribution in [0.2, 0.25) is 0 Å². The third-order valence-electron chi connectivity index (χ3n) is 4.91. The van der Waals surface area contributed by atoms with Gasteiger partial charge in [0.25, 0.3) is 5.91 Å². The van der Waals surface area contributed by atoms with E-state index in [0.717, 1.165) is 11.5 Å². The number of nitrogens with zero attached hydrogens (tertiary/aromatic N) is 4. The minimum atomic E-state index is -3.27. The molecular weight excluding hydrogens is 414 g/mol. The molecule has 0 atom stereocenters. The van der Waals surface area contributed by atoms with Crippen LogP contribution in [0.1, 0.15) is 17.5 Å². The van der Waals surface area contributed by atoms with Crippen molar-refractivity contribution in [2.24, 2.45) is 4.99 Å². The highest BCUT2D eigenvalue weighted by Crippen LogP contribution is 2.13. The minimum absolute atomic E-state index is 0.0174. The van der Waals surface area contributed by atoms with E-state index in [1.54, 1.807) is 33.1 Å². The molecule has 1 aromatic heterocycles. The molecule has 0 aromatic carbocycles. The standard InChI is InChI=1S/C18H29N5O4S2/c1-2-19-18(20-5-15-29(25,26)23-10-13-28-14-11-23)22-8-6-21(7-9-22)17(24)16-4-3-12-27-16/h3-4,12H,2,5-11,13-15H2,1H3,(H,19,20). The molecule has 162 valence electrons. The van der Waals surface area contributed by atoms with Crippen LogP contribution in [-0.2, 0) is 10.0 Å². The summed E-state index contributed by atoms with van der Waals surface area (Å²) in [6.07, 6.45) is 1.50. The Balaban J connectivity index is 1.53. The Morgan fingerprint density at radius 3 is 2.48 bits per heavy atom. The Morgan fingerprint density at radius 2 is 1.86 bits per heavy atom. The molecule has 1 N–H and O–H groups in total. The summed E-state index contributed by atoms with van der Waals surface area (Å²) < 4.78 is 31.8. The first-order valence-corrected chi connectivity index (χ1v) is 12.7. The zero-order valence-electron chi connectivity index (χ0n) is 16.7. The quantitative estimate of drug-likeness (QED) is 0.501. The van der Waals surface area contributed by atoms with Crippen molar-refractivity contribution in [1.29, 1.82) is 0 Å². The van der Waals surface area contributed by atoms with Gasteiger partial charge in [0, 0.05) is 57.3 Å². The summed E-state index contributed by atoms with van der Waals surface area (Å²) in [6, 6.07) is 3.37. The van der Waals surface area contributed by atoms with E-state index < -0.39 is 10.0 Å². The number of furan rings is 1. The van der Waals surface area contributed by atoms with Crippen LogP contribution in [-0.4, -0.2) is 104 Å². The van der Waals surface area contributed by atoms with Crippen LogP contribution in [0.4, 0.5) is 0 Å². The number of piperazine rings is 1. The SMILES string of the molecule is CCNC(=NCCS(=O)(=O)N1CCSCC1)N1CCN(C(=O)c2ccco2)CC1. The predicted molar refractivity (Wildman–Crippen MR) is 115 cm³/mol. The van der Waals surface area contributed by atoms with Crippen molar-refractivity contribution < 1.29 is 17.6 Å². The zero-order chi connectivity index (χ0) is 20.7. The van der Waals surface area contributed by atoms with E-state index in [4.69, 9.17) is 4.42 Å². The fraction of sp³-hybridized carbons (Fsp3) is 0.667. The highest BCUT2D eigenvalue weighted by Gasteiger charge is 2.26. The summed E-state index contributed by atoms with van der Waals surface area (Å²) >= 11 is 1.79. The van der Waals surface area contributed by atoms with Crippen LogP contribution < -0.4 is 5.32 Å². The van der Waals surface area contributed by atoms with Gasteiger partial charge in [-0.05, 0) is 19.1 Å². The van der Waals surface area contributed by atoms with Crippen LogP contribution in [0, 0.1) is 0 Å². The third-order valence-corrected chi connectivity index (χ3v) is 7.70. The Labute approximate surface area is 176 Å². The second-order valence-corrected chi connectivity index (χ2v) is 10.1. The van der Waals surface area contributed by atoms with Gasteiger partial charge in [-0.3, -0.25) is 9.79 Å². The molecule has 0 spiro atoms. The van der Waals surface area contributed by atoms with E-state index in [9.17, 15) is 13.2 Å². The molecule has 11 heteroatoms. The molecular formula is C18H29N5O4S2. The Hall–Kier alpha value is -1.72. The van der Waals surface area contributed by atoms with Crippen molar-refractivity contribution in [1.82, 2.24) is 19.4 Å². The molecule has 3 heterocycles. The highest BCUT2D eigenvalue weighted by atomic mass is 32.2. The van der Waals surface area contributed by atoms with Gasteiger partial charge in [-0.1, -0.05) is 0 Å². The van der Waals surface area contributed by atoms with E-state index in [0.29, 0.717) is 57.5 Å². The van der Waals surface area contributed by atoms with Gasteiger partial charge in [-0.2, -0.15) is 11.8 Å². The van der Waals surface area contributed by atoms with Gasteiger partial charge in [-0.15, -0.1) is 0 Å². The van der Waals surface area contributed by atoms with Crippen LogP contribution in [0.3, 0.4) is 0 Å². The summed E-state index contributed by atoms with van der Waals surface area (Å²) in [7, 11) is -3.27. The Bertz CT molecular complexity index is 783. The van der Waals surface area contributed by atoms with Crippen molar-refractivity contribution in [3.05, 3.63) is 24.2 Å². The number of nitrogens with one attached hydrogen (secondary N) is 1. The van der Waals surface area contributed by atoms with Crippen molar-refractivity contribution in [3.63, 3.8) is 0 Å². The maximum Gasteiger partial charge on any atom is 0.289 e. The van der Waals surface area contributed by atoms with Crippen LogP contribution >= 0.6 is 11.8 Å². The number of guanidine groups is 1. The smallest absolute Gasteiger partial charge is 0.289 e. The van der Waals surface area contributed by atoms with Gasteiger partial charge < -0.3 is 19.5 Å². The van der Waals surface area contributed by atoms with Crippen molar-refractivity contribution in [2.45, 2.75) is 6.92 Å². The Morgan fingerprint density at radius 1 is 1.17 bits per heavy atom. The van der Waals surface area contributed by atoms with E-state index in [2.05, 4.69) is 15.2 Å². The molecule has 29 heavy (non-hydrogen) atoms. The third kappa shape index (κ3) is 5.89. The van der Waals surface area contributed by atoms with Gasteiger partial charge >= 0.3 is 0 Å². The molecule has 2 saturated heterocycles. The minimum Gasteiger partial charge on any atom is -0.459 e. The number of aliphatic imine (C=N–C) groups is 1. The molecule has 2 fully saturated rings. The number of rotatable bonds is 6. The van der Waals surface area contributed by atoms with Gasteiger partial charge in [-0.25, -0.2) is 12.7 Å². The molecule has 0 bridgehead atoms. The van der Waals surface area contributed by atoms with Crippen LogP contribution in [0.25, 0.3) is 0 Å². The lowest BCUT2D eigenvalue weighted by atomic mass is 10.3. The second-order valence-electron chi connectivity index (χ2n) is 6.82. The number of carbonyl (C=O) groups excluding carboxylic acids is 1. The maximum atomic E-state index is 12.5. The molecule has 0 saturated carbocycles. The van der Waals surface area contributed by atoms with E-state index in [1.165, 1.54) is 6.26 Å². The summed E-state index contributed by atoms with van der Waals surface area (Å²) in [4.78, 5) is 20.8. The molecule has 0 unspecified atom stereocenters. The van der Waals surface area contributed by atoms with E-state index in [-0.39, 0.29) is 18.2 Å². The summed E-state index contributed by atoms with van der Waals surface area (Å²) in [5.41, 5.74) is 0. The zero-order valence-corrected chi connectivity index (χ0v) is 18.4. The molecule has 3 rings (SSSR count). The average molecular weight is 444 g/mol. The highest BCUT2D eigenvalue weighted by molar-refractivity contribution is 7.99. The largest absolute Gasteiger partial charge is 0.459 e. The van der Waals surface area contributed by atoms with Gasteiger partial charge in [0.15, 0.2) is 11.7 Å². The van der Waals surface area contributed by atoms with E-state index in [1.807, 2.05) is 6.92 Å². The number of thioether (sulfide) groups is 1. The lowest BCUT2D eigenvalue weighted by Gasteiger charge is -2.36. The second kappa shape index (κ2) is 10.4. The maximum absolute atomic E-state index is 12.5. The summed E-state index contributed by atoms with van der Waals surface area (Å²) in [5.74, 6) is 2.66. The first-order valence-electron chi connectivity index (χ1n) is 9.93.